The van der Waals surface area contributed by atoms with Crippen molar-refractivity contribution in [3.8, 4) is 0 Å². The van der Waals surface area contributed by atoms with Crippen LogP contribution in [0.25, 0.3) is 0 Å². The molecule has 0 saturated carbocycles. The van der Waals surface area contributed by atoms with E-state index in [-0.39, 0.29) is 5.60 Å². The molecule has 1 aromatic rings. The molecule has 6 heteroatoms. The third-order valence-corrected chi connectivity index (χ3v) is 4.59. The Morgan fingerprint density at radius 3 is 2.42 bits per heavy atom. The summed E-state index contributed by atoms with van der Waals surface area (Å²) in [5.41, 5.74) is 2.17. The van der Waals surface area contributed by atoms with Crippen molar-refractivity contribution in [3.05, 3.63) is 35.4 Å². The second-order valence-corrected chi connectivity index (χ2v) is 7.18. The zero-order valence-corrected chi connectivity index (χ0v) is 16.5. The molecule has 2 rings (SSSR count). The van der Waals surface area contributed by atoms with Crippen molar-refractivity contribution in [1.82, 2.24) is 10.6 Å². The maximum atomic E-state index is 5.96. The van der Waals surface area contributed by atoms with Crippen LogP contribution in [0.5, 0.6) is 0 Å². The molecule has 146 valence electrons. The average Bonchev–Trinajstić information content (AvgIpc) is 2.68. The van der Waals surface area contributed by atoms with Crippen LogP contribution >= 0.6 is 0 Å². The summed E-state index contributed by atoms with van der Waals surface area (Å²) in [6.07, 6.45) is 2.32. The zero-order chi connectivity index (χ0) is 18.8. The summed E-state index contributed by atoms with van der Waals surface area (Å²) in [6.45, 7) is 7.76. The number of ether oxygens (including phenoxy) is 3. The topological polar surface area (TPSA) is 64.1 Å². The van der Waals surface area contributed by atoms with Crippen LogP contribution in [-0.4, -0.2) is 51.6 Å². The number of hydrogen-bond donors (Lipinski definition) is 2. The fourth-order valence-corrected chi connectivity index (χ4v) is 2.59. The fourth-order valence-electron chi connectivity index (χ4n) is 2.59. The number of benzene rings is 1. The lowest BCUT2D eigenvalue weighted by molar-refractivity contribution is -0.0390. The van der Waals surface area contributed by atoms with E-state index in [1.54, 1.807) is 14.2 Å². The van der Waals surface area contributed by atoms with Crippen molar-refractivity contribution in [1.29, 1.82) is 0 Å². The summed E-state index contributed by atoms with van der Waals surface area (Å²) >= 11 is 0. The lowest BCUT2D eigenvalue weighted by Gasteiger charge is -2.24. The van der Waals surface area contributed by atoms with Crippen molar-refractivity contribution in [2.75, 3.05) is 33.9 Å². The summed E-state index contributed by atoms with van der Waals surface area (Å²) in [7, 11) is 3.48. The molecule has 6 nitrogen and oxygen atoms in total. The minimum absolute atomic E-state index is 0.232. The Balaban J connectivity index is 1.73. The number of hydrogen-bond acceptors (Lipinski definition) is 4. The molecule has 0 unspecified atom stereocenters. The molecule has 0 aromatic heterocycles. The molecular formula is C20H33N3O3. The van der Waals surface area contributed by atoms with Gasteiger partial charge in [0.2, 0.25) is 0 Å². The van der Waals surface area contributed by atoms with E-state index >= 15 is 0 Å². The molecule has 0 atom stereocenters. The monoisotopic (exact) mass is 363 g/mol. The molecule has 0 bridgehead atoms. The number of nitrogens with zero attached hydrogens (tertiary/aromatic N) is 1. The number of methoxy groups -OCH3 is 1. The lowest BCUT2D eigenvalue weighted by atomic mass is 10.1. The van der Waals surface area contributed by atoms with Crippen LogP contribution in [0, 0.1) is 0 Å². The van der Waals surface area contributed by atoms with E-state index < -0.39 is 0 Å². The Kier molecular flexibility index (Phi) is 8.35. The number of rotatable bonds is 8. The van der Waals surface area contributed by atoms with Gasteiger partial charge in [-0.2, -0.15) is 0 Å². The molecule has 1 aromatic carbocycles. The van der Waals surface area contributed by atoms with E-state index in [4.69, 9.17) is 14.2 Å². The summed E-state index contributed by atoms with van der Waals surface area (Å²) < 4.78 is 16.7. The fraction of sp³-hybridized carbons (Fsp3) is 0.650. The first kappa shape index (κ1) is 20.7. The van der Waals surface area contributed by atoms with Crippen molar-refractivity contribution < 1.29 is 14.2 Å². The highest BCUT2D eigenvalue weighted by Gasteiger charge is 2.16. The standard InChI is InChI=1S/C20H33N3O3/c1-20(2,24-4)15-23-19(21-3)22-13-16-5-7-17(8-6-16)14-26-18-9-11-25-12-10-18/h5-8,18H,9-15H2,1-4H3,(H2,21,22,23). The number of aliphatic imine (C=N–C) groups is 1. The summed E-state index contributed by atoms with van der Waals surface area (Å²) in [5.74, 6) is 0.766. The van der Waals surface area contributed by atoms with Crippen LogP contribution in [0.15, 0.2) is 29.3 Å². The van der Waals surface area contributed by atoms with E-state index in [1.807, 2.05) is 13.8 Å². The molecule has 1 aliphatic heterocycles. The molecular weight excluding hydrogens is 330 g/mol. The van der Waals surface area contributed by atoms with E-state index in [1.165, 1.54) is 11.1 Å². The molecule has 26 heavy (non-hydrogen) atoms. The van der Waals surface area contributed by atoms with Crippen LogP contribution in [-0.2, 0) is 27.4 Å². The molecule has 1 fully saturated rings. The quantitative estimate of drug-likeness (QED) is 0.549. The average molecular weight is 364 g/mol. The predicted octanol–water partition coefficient (Wildman–Crippen LogP) is 2.47. The highest BCUT2D eigenvalue weighted by molar-refractivity contribution is 5.79. The highest BCUT2D eigenvalue weighted by Crippen LogP contribution is 2.14. The second-order valence-electron chi connectivity index (χ2n) is 7.18. The summed E-state index contributed by atoms with van der Waals surface area (Å²) in [6, 6.07) is 8.51. The van der Waals surface area contributed by atoms with Crippen LogP contribution in [0.3, 0.4) is 0 Å². The first-order chi connectivity index (χ1) is 12.5. The van der Waals surface area contributed by atoms with Crippen molar-refractivity contribution in [2.45, 2.75) is 51.5 Å². The molecule has 0 amide bonds. The van der Waals surface area contributed by atoms with Crippen molar-refractivity contribution in [3.63, 3.8) is 0 Å². The van der Waals surface area contributed by atoms with Crippen LogP contribution in [0.1, 0.15) is 37.8 Å². The minimum atomic E-state index is -0.232. The first-order valence-corrected chi connectivity index (χ1v) is 9.29. The summed E-state index contributed by atoms with van der Waals surface area (Å²) in [5, 5.41) is 6.61. The molecule has 0 spiro atoms. The zero-order valence-electron chi connectivity index (χ0n) is 16.5. The SMILES string of the molecule is CN=C(NCc1ccc(COC2CCOCC2)cc1)NCC(C)(C)OC. The first-order valence-electron chi connectivity index (χ1n) is 9.29. The van der Waals surface area contributed by atoms with Gasteiger partial charge < -0.3 is 24.8 Å². The van der Waals surface area contributed by atoms with Crippen molar-refractivity contribution >= 4 is 5.96 Å². The Labute approximate surface area is 157 Å². The Bertz CT molecular complexity index is 552. The van der Waals surface area contributed by atoms with Gasteiger partial charge in [0.1, 0.15) is 0 Å². The summed E-state index contributed by atoms with van der Waals surface area (Å²) in [4.78, 5) is 4.25. The van der Waals surface area contributed by atoms with E-state index in [0.717, 1.165) is 32.0 Å². The van der Waals surface area contributed by atoms with Crippen LogP contribution in [0.2, 0.25) is 0 Å². The molecule has 0 aliphatic carbocycles. The van der Waals surface area contributed by atoms with Crippen LogP contribution in [0.4, 0.5) is 0 Å². The second kappa shape index (κ2) is 10.5. The highest BCUT2D eigenvalue weighted by atomic mass is 16.5. The maximum Gasteiger partial charge on any atom is 0.191 e. The van der Waals surface area contributed by atoms with Gasteiger partial charge in [-0.05, 0) is 37.8 Å². The van der Waals surface area contributed by atoms with Gasteiger partial charge in [-0.25, -0.2) is 0 Å². The lowest BCUT2D eigenvalue weighted by Crippen LogP contribution is -2.45. The third kappa shape index (κ3) is 7.32. The normalized spacial score (nSPS) is 16.5. The van der Waals surface area contributed by atoms with E-state index in [2.05, 4.69) is 39.9 Å². The molecule has 2 N–H and O–H groups in total. The van der Waals surface area contributed by atoms with Crippen LogP contribution < -0.4 is 10.6 Å². The van der Waals surface area contributed by atoms with E-state index in [0.29, 0.717) is 25.8 Å². The van der Waals surface area contributed by atoms with Gasteiger partial charge >= 0.3 is 0 Å². The Hall–Kier alpha value is -1.63. The van der Waals surface area contributed by atoms with Gasteiger partial charge in [0.25, 0.3) is 0 Å². The van der Waals surface area contributed by atoms with Gasteiger partial charge in [0.05, 0.1) is 18.3 Å². The van der Waals surface area contributed by atoms with Crippen molar-refractivity contribution in [2.24, 2.45) is 4.99 Å². The minimum Gasteiger partial charge on any atom is -0.381 e. The Morgan fingerprint density at radius 1 is 1.15 bits per heavy atom. The molecule has 1 aliphatic rings. The molecule has 1 heterocycles. The van der Waals surface area contributed by atoms with Gasteiger partial charge in [0, 0.05) is 40.5 Å². The molecule has 0 radical (unpaired) electrons. The smallest absolute Gasteiger partial charge is 0.191 e. The van der Waals surface area contributed by atoms with Gasteiger partial charge in [-0.1, -0.05) is 24.3 Å². The number of nitrogens with one attached hydrogen (secondary N) is 2. The van der Waals surface area contributed by atoms with Gasteiger partial charge in [0.15, 0.2) is 5.96 Å². The molecule has 1 saturated heterocycles. The van der Waals surface area contributed by atoms with Gasteiger partial charge in [-0.15, -0.1) is 0 Å². The maximum absolute atomic E-state index is 5.96. The largest absolute Gasteiger partial charge is 0.381 e. The van der Waals surface area contributed by atoms with Gasteiger partial charge in [-0.3, -0.25) is 4.99 Å². The van der Waals surface area contributed by atoms with E-state index in [9.17, 15) is 0 Å². The third-order valence-electron chi connectivity index (χ3n) is 4.59. The number of guanidine groups is 1. The predicted molar refractivity (Wildman–Crippen MR) is 104 cm³/mol. The Morgan fingerprint density at radius 2 is 1.81 bits per heavy atom.